The van der Waals surface area contributed by atoms with Gasteiger partial charge in [-0.15, -0.1) is 0 Å². The van der Waals surface area contributed by atoms with Gasteiger partial charge in [0.2, 0.25) is 0 Å². The van der Waals surface area contributed by atoms with Crippen molar-refractivity contribution in [1.29, 1.82) is 0 Å². The van der Waals surface area contributed by atoms with Gasteiger partial charge in [0, 0.05) is 73.6 Å². The molecule has 0 atom stereocenters. The van der Waals surface area contributed by atoms with Crippen LogP contribution >= 0.6 is 0 Å². The number of carbonyl (C=O) groups is 1. The Balaban J connectivity index is 1.28. The highest BCUT2D eigenvalue weighted by Gasteiger charge is 2.19. The predicted molar refractivity (Wildman–Crippen MR) is 140 cm³/mol. The molecule has 7 nitrogen and oxygen atoms in total. The lowest BCUT2D eigenvalue weighted by molar-refractivity contribution is 0.0697. The molecule has 0 saturated carbocycles. The third-order valence-electron chi connectivity index (χ3n) is 6.47. The summed E-state index contributed by atoms with van der Waals surface area (Å²) < 4.78 is 0. The van der Waals surface area contributed by atoms with Crippen LogP contribution in [0.4, 0.5) is 5.69 Å². The minimum Gasteiger partial charge on any atom is -0.478 e. The third kappa shape index (κ3) is 6.38. The lowest BCUT2D eigenvalue weighted by atomic mass is 10.0. The van der Waals surface area contributed by atoms with Gasteiger partial charge in [0.25, 0.3) is 0 Å². The van der Waals surface area contributed by atoms with E-state index in [1.165, 1.54) is 5.69 Å². The van der Waals surface area contributed by atoms with Gasteiger partial charge in [0.05, 0.1) is 5.56 Å². The van der Waals surface area contributed by atoms with Crippen LogP contribution in [0.15, 0.2) is 48.5 Å². The molecule has 3 aromatic rings. The molecule has 5 N–H and O–H groups in total. The Bertz CT molecular complexity index is 1090. The van der Waals surface area contributed by atoms with Gasteiger partial charge in [-0.3, -0.25) is 0 Å². The summed E-state index contributed by atoms with van der Waals surface area (Å²) in [6.45, 7) is 10.5. The first-order valence-corrected chi connectivity index (χ1v) is 12.4. The topological polar surface area (TPSA) is 92.4 Å². The van der Waals surface area contributed by atoms with Crippen LogP contribution in [0, 0.1) is 0 Å². The number of fused-ring (bicyclic) bond motifs is 1. The zero-order valence-corrected chi connectivity index (χ0v) is 20.2. The van der Waals surface area contributed by atoms with Crippen molar-refractivity contribution in [2.45, 2.75) is 38.8 Å². The molecule has 0 amide bonds. The van der Waals surface area contributed by atoms with Gasteiger partial charge in [-0.05, 0) is 54.8 Å². The quantitative estimate of drug-likeness (QED) is 0.279. The Morgan fingerprint density at radius 3 is 2.62 bits per heavy atom. The highest BCUT2D eigenvalue weighted by Crippen LogP contribution is 2.29. The van der Waals surface area contributed by atoms with Crippen LogP contribution < -0.4 is 20.9 Å². The molecule has 1 aliphatic rings. The van der Waals surface area contributed by atoms with Crippen molar-refractivity contribution in [3.8, 4) is 11.3 Å². The number of benzene rings is 2. The summed E-state index contributed by atoms with van der Waals surface area (Å²) in [4.78, 5) is 17.2. The number of nitrogens with one attached hydrogen (secondary N) is 4. The minimum absolute atomic E-state index is 0.308. The molecule has 0 spiro atoms. The number of carboxylic acids is 1. The van der Waals surface area contributed by atoms with Gasteiger partial charge in [-0.2, -0.15) is 0 Å². The Kier molecular flexibility index (Phi) is 8.21. The molecule has 1 aliphatic heterocycles. The zero-order chi connectivity index (χ0) is 23.9. The molecule has 1 aromatic heterocycles. The second kappa shape index (κ2) is 11.5. The SMILES string of the molecule is CC(C)NCCNCCNC1CCN(c2cccc(-c3cc4cc(C(=O)O)ccc4[nH]3)c2)CC1. The average molecular weight is 464 g/mol. The number of anilines is 1. The molecule has 1 saturated heterocycles. The molecule has 34 heavy (non-hydrogen) atoms. The number of H-pyrrole nitrogens is 1. The van der Waals surface area contributed by atoms with Gasteiger partial charge < -0.3 is 30.9 Å². The van der Waals surface area contributed by atoms with Crippen molar-refractivity contribution < 1.29 is 9.90 Å². The van der Waals surface area contributed by atoms with Gasteiger partial charge in [0.1, 0.15) is 0 Å². The lowest BCUT2D eigenvalue weighted by Crippen LogP contribution is -2.44. The molecule has 7 heteroatoms. The standard InChI is InChI=1S/C27H37N5O2/c1-19(2)29-12-10-28-11-13-30-23-8-14-32(15-9-23)24-5-3-4-20(17-24)26-18-22-16-21(27(33)34)6-7-25(22)31-26/h3-7,16-19,23,28-31H,8-15H2,1-2H3,(H,33,34). The van der Waals surface area contributed by atoms with E-state index in [0.717, 1.165) is 74.3 Å². The highest BCUT2D eigenvalue weighted by atomic mass is 16.4. The number of hydrogen-bond donors (Lipinski definition) is 5. The smallest absolute Gasteiger partial charge is 0.335 e. The molecule has 1 fully saturated rings. The van der Waals surface area contributed by atoms with E-state index in [1.54, 1.807) is 12.1 Å². The van der Waals surface area contributed by atoms with Crippen LogP contribution in [0.1, 0.15) is 37.0 Å². The second-order valence-electron chi connectivity index (χ2n) is 9.41. The molecular formula is C27H37N5O2. The first-order valence-electron chi connectivity index (χ1n) is 12.4. The van der Waals surface area contributed by atoms with Crippen LogP contribution in [0.5, 0.6) is 0 Å². The summed E-state index contributed by atoms with van der Waals surface area (Å²) in [5, 5.41) is 20.8. The number of nitrogens with zero attached hydrogens (tertiary/aromatic N) is 1. The maximum absolute atomic E-state index is 11.3. The van der Waals surface area contributed by atoms with Gasteiger partial charge in [-0.25, -0.2) is 4.79 Å². The van der Waals surface area contributed by atoms with Crippen LogP contribution in [0.3, 0.4) is 0 Å². The van der Waals surface area contributed by atoms with Crippen LogP contribution in [-0.4, -0.2) is 67.4 Å². The van der Waals surface area contributed by atoms with Crippen molar-refractivity contribution in [2.75, 3.05) is 44.2 Å². The number of aromatic amines is 1. The average Bonchev–Trinajstić information content (AvgIpc) is 3.27. The van der Waals surface area contributed by atoms with Gasteiger partial charge in [0.15, 0.2) is 0 Å². The second-order valence-corrected chi connectivity index (χ2v) is 9.41. The number of rotatable bonds is 11. The fourth-order valence-electron chi connectivity index (χ4n) is 4.57. The van der Waals surface area contributed by atoms with E-state index >= 15 is 0 Å². The first kappa shape index (κ1) is 24.3. The molecule has 182 valence electrons. The van der Waals surface area contributed by atoms with E-state index in [9.17, 15) is 9.90 Å². The fraction of sp³-hybridized carbons (Fsp3) is 0.444. The monoisotopic (exact) mass is 463 g/mol. The number of aromatic carboxylic acids is 1. The highest BCUT2D eigenvalue weighted by molar-refractivity contribution is 5.95. The lowest BCUT2D eigenvalue weighted by Gasteiger charge is -2.34. The van der Waals surface area contributed by atoms with E-state index in [1.807, 2.05) is 12.1 Å². The molecule has 0 bridgehead atoms. The number of carboxylic acid groups (broad SMARTS) is 1. The summed E-state index contributed by atoms with van der Waals surface area (Å²) in [7, 11) is 0. The van der Waals surface area contributed by atoms with E-state index < -0.39 is 5.97 Å². The Morgan fingerprint density at radius 2 is 1.85 bits per heavy atom. The summed E-state index contributed by atoms with van der Waals surface area (Å²) in [6, 6.07) is 17.0. The van der Waals surface area contributed by atoms with Crippen LogP contribution in [-0.2, 0) is 0 Å². The maximum Gasteiger partial charge on any atom is 0.335 e. The number of piperidine rings is 1. The number of aromatic nitrogens is 1. The molecule has 2 aromatic carbocycles. The molecule has 0 radical (unpaired) electrons. The Morgan fingerprint density at radius 1 is 1.06 bits per heavy atom. The molecule has 2 heterocycles. The van der Waals surface area contributed by atoms with Gasteiger partial charge in [-0.1, -0.05) is 26.0 Å². The minimum atomic E-state index is -0.903. The normalized spacial score (nSPS) is 14.9. The van der Waals surface area contributed by atoms with Crippen molar-refractivity contribution in [1.82, 2.24) is 20.9 Å². The van der Waals surface area contributed by atoms with E-state index in [2.05, 4.69) is 63.9 Å². The largest absolute Gasteiger partial charge is 0.478 e. The van der Waals surface area contributed by atoms with Gasteiger partial charge >= 0.3 is 5.97 Å². The molecule has 0 aliphatic carbocycles. The van der Waals surface area contributed by atoms with Crippen molar-refractivity contribution in [3.63, 3.8) is 0 Å². The summed E-state index contributed by atoms with van der Waals surface area (Å²) >= 11 is 0. The maximum atomic E-state index is 11.3. The zero-order valence-electron chi connectivity index (χ0n) is 20.2. The Hall–Kier alpha value is -2.87. The summed E-state index contributed by atoms with van der Waals surface area (Å²) in [5.41, 5.74) is 4.61. The third-order valence-corrected chi connectivity index (χ3v) is 6.47. The molecular weight excluding hydrogens is 426 g/mol. The van der Waals surface area contributed by atoms with E-state index in [-0.39, 0.29) is 0 Å². The molecule has 4 rings (SSSR count). The van der Waals surface area contributed by atoms with Crippen molar-refractivity contribution in [2.24, 2.45) is 0 Å². The van der Waals surface area contributed by atoms with Crippen molar-refractivity contribution >= 4 is 22.6 Å². The van der Waals surface area contributed by atoms with E-state index in [0.29, 0.717) is 17.6 Å². The fourth-order valence-corrected chi connectivity index (χ4v) is 4.57. The Labute approximate surface area is 201 Å². The van der Waals surface area contributed by atoms with E-state index in [4.69, 9.17) is 0 Å². The molecule has 0 unspecified atom stereocenters. The van der Waals surface area contributed by atoms with Crippen LogP contribution in [0.25, 0.3) is 22.2 Å². The predicted octanol–water partition coefficient (Wildman–Crippen LogP) is 3.68. The first-order chi connectivity index (χ1) is 16.5. The van der Waals surface area contributed by atoms with Crippen LogP contribution in [0.2, 0.25) is 0 Å². The van der Waals surface area contributed by atoms with Crippen molar-refractivity contribution in [3.05, 3.63) is 54.1 Å². The summed E-state index contributed by atoms with van der Waals surface area (Å²) in [5.74, 6) is -0.903. The number of hydrogen-bond acceptors (Lipinski definition) is 5. The summed E-state index contributed by atoms with van der Waals surface area (Å²) in [6.07, 6.45) is 2.28.